The van der Waals surface area contributed by atoms with Gasteiger partial charge in [-0.1, -0.05) is 34.5 Å². The molecule has 0 aliphatic rings. The molecule has 18 heavy (non-hydrogen) atoms. The zero-order chi connectivity index (χ0) is 13.0. The first-order valence-electron chi connectivity index (χ1n) is 5.31. The van der Waals surface area contributed by atoms with E-state index >= 15 is 0 Å². The number of nitrogens with two attached hydrogens (primary N) is 1. The van der Waals surface area contributed by atoms with E-state index in [-0.39, 0.29) is 0 Å². The first-order chi connectivity index (χ1) is 8.65. The molecule has 0 amide bonds. The lowest BCUT2D eigenvalue weighted by Crippen LogP contribution is -1.99. The first-order valence-corrected chi connectivity index (χ1v) is 6.88. The molecule has 0 aliphatic carbocycles. The van der Waals surface area contributed by atoms with Crippen LogP contribution in [0, 0.1) is 0 Å². The van der Waals surface area contributed by atoms with Crippen molar-refractivity contribution in [1.82, 2.24) is 10.2 Å². The van der Waals surface area contributed by atoms with Gasteiger partial charge in [-0.2, -0.15) is 0 Å². The lowest BCUT2D eigenvalue weighted by Gasteiger charge is -2.06. The van der Waals surface area contributed by atoms with Crippen LogP contribution in [0.25, 0.3) is 0 Å². The van der Waals surface area contributed by atoms with Crippen LogP contribution in [0.15, 0.2) is 18.2 Å². The maximum absolute atomic E-state index is 5.88. The molecule has 0 atom stereocenters. The molecular formula is C11H11Cl2N3OS. The van der Waals surface area contributed by atoms with Gasteiger partial charge in [0.15, 0.2) is 0 Å². The fourth-order valence-corrected chi connectivity index (χ4v) is 2.29. The van der Waals surface area contributed by atoms with Gasteiger partial charge in [-0.3, -0.25) is 0 Å². The van der Waals surface area contributed by atoms with Crippen molar-refractivity contribution in [2.75, 3.05) is 12.3 Å². The molecule has 0 fully saturated rings. The summed E-state index contributed by atoms with van der Waals surface area (Å²) in [6.45, 7) is 0.581. The zero-order valence-corrected chi connectivity index (χ0v) is 11.7. The molecule has 7 heteroatoms. The average Bonchev–Trinajstić information content (AvgIpc) is 2.75. The van der Waals surface area contributed by atoms with Crippen molar-refractivity contribution in [1.29, 1.82) is 0 Å². The van der Waals surface area contributed by atoms with Gasteiger partial charge in [0.05, 0.1) is 16.7 Å². The lowest BCUT2D eigenvalue weighted by atomic mass is 10.3. The third-order valence-corrected chi connectivity index (χ3v) is 3.73. The quantitative estimate of drug-likeness (QED) is 0.860. The molecule has 0 saturated carbocycles. The van der Waals surface area contributed by atoms with Crippen LogP contribution in [0.5, 0.6) is 5.75 Å². The Bertz CT molecular complexity index is 533. The highest BCUT2D eigenvalue weighted by Crippen LogP contribution is 2.26. The largest absolute Gasteiger partial charge is 0.494 e. The third-order valence-electron chi connectivity index (χ3n) is 2.18. The van der Waals surface area contributed by atoms with Crippen LogP contribution in [0.3, 0.4) is 0 Å². The Morgan fingerprint density at radius 2 is 2.06 bits per heavy atom. The number of hydrogen-bond acceptors (Lipinski definition) is 5. The monoisotopic (exact) mass is 303 g/mol. The molecule has 4 nitrogen and oxygen atoms in total. The topological polar surface area (TPSA) is 61.0 Å². The number of aromatic nitrogens is 2. The smallest absolute Gasteiger partial charge is 0.203 e. The van der Waals surface area contributed by atoms with E-state index in [1.165, 1.54) is 11.3 Å². The second-order valence-electron chi connectivity index (χ2n) is 3.56. The van der Waals surface area contributed by atoms with E-state index < -0.39 is 0 Å². The van der Waals surface area contributed by atoms with Crippen molar-refractivity contribution in [3.05, 3.63) is 33.3 Å². The van der Waals surface area contributed by atoms with Gasteiger partial charge >= 0.3 is 0 Å². The van der Waals surface area contributed by atoms with Gasteiger partial charge in [0.1, 0.15) is 10.8 Å². The van der Waals surface area contributed by atoms with Crippen molar-refractivity contribution in [3.8, 4) is 5.75 Å². The van der Waals surface area contributed by atoms with Gasteiger partial charge < -0.3 is 10.5 Å². The number of ether oxygens (including phenoxy) is 1. The number of hydrogen-bond donors (Lipinski definition) is 1. The van der Waals surface area contributed by atoms with E-state index in [1.807, 2.05) is 0 Å². The van der Waals surface area contributed by atoms with Crippen LogP contribution >= 0.6 is 34.5 Å². The lowest BCUT2D eigenvalue weighted by molar-refractivity contribution is 0.311. The summed E-state index contributed by atoms with van der Waals surface area (Å²) in [6, 6.07) is 5.20. The molecule has 0 bridgehead atoms. The van der Waals surface area contributed by atoms with Crippen molar-refractivity contribution in [3.63, 3.8) is 0 Å². The highest BCUT2D eigenvalue weighted by atomic mass is 35.5. The molecule has 0 spiro atoms. The van der Waals surface area contributed by atoms with Crippen molar-refractivity contribution < 1.29 is 4.74 Å². The van der Waals surface area contributed by atoms with Crippen LogP contribution < -0.4 is 10.5 Å². The molecule has 2 rings (SSSR count). The van der Waals surface area contributed by atoms with Gasteiger partial charge in [0.2, 0.25) is 5.13 Å². The Morgan fingerprint density at radius 1 is 1.22 bits per heavy atom. The average molecular weight is 304 g/mol. The SMILES string of the molecule is Nc1nnc(CCCOc2ccc(Cl)c(Cl)c2)s1. The Morgan fingerprint density at radius 3 is 2.72 bits per heavy atom. The first kappa shape index (κ1) is 13.4. The molecular weight excluding hydrogens is 293 g/mol. The second-order valence-corrected chi connectivity index (χ2v) is 5.47. The number of nitrogens with zero attached hydrogens (tertiary/aromatic N) is 2. The van der Waals surface area contributed by atoms with Crippen molar-refractivity contribution in [2.24, 2.45) is 0 Å². The van der Waals surface area contributed by atoms with Gasteiger partial charge in [-0.15, -0.1) is 10.2 Å². The number of halogens is 2. The van der Waals surface area contributed by atoms with Crippen LogP contribution in [0.2, 0.25) is 10.0 Å². The van der Waals surface area contributed by atoms with Gasteiger partial charge in [-0.25, -0.2) is 0 Å². The normalized spacial score (nSPS) is 10.6. The van der Waals surface area contributed by atoms with Crippen LogP contribution in [0.4, 0.5) is 5.13 Å². The molecule has 2 aromatic rings. The number of rotatable bonds is 5. The van der Waals surface area contributed by atoms with E-state index in [9.17, 15) is 0 Å². The van der Waals surface area contributed by atoms with E-state index in [0.717, 1.165) is 17.8 Å². The third kappa shape index (κ3) is 3.73. The molecule has 0 radical (unpaired) electrons. The highest BCUT2D eigenvalue weighted by molar-refractivity contribution is 7.15. The standard InChI is InChI=1S/C11H11Cl2N3OS/c12-8-4-3-7(6-9(8)13)17-5-1-2-10-15-16-11(14)18-10/h3-4,6H,1-2,5H2,(H2,14,16). The summed E-state index contributed by atoms with van der Waals surface area (Å²) in [5, 5.41) is 10.1. The summed E-state index contributed by atoms with van der Waals surface area (Å²) in [5.41, 5.74) is 5.49. The van der Waals surface area contributed by atoms with E-state index in [2.05, 4.69) is 10.2 Å². The second kappa shape index (κ2) is 6.22. The number of nitrogen functional groups attached to an aromatic ring is 1. The summed E-state index contributed by atoms with van der Waals surface area (Å²) in [4.78, 5) is 0. The maximum Gasteiger partial charge on any atom is 0.203 e. The van der Waals surface area contributed by atoms with Crippen molar-refractivity contribution in [2.45, 2.75) is 12.8 Å². The molecule has 96 valence electrons. The minimum atomic E-state index is 0.492. The molecule has 2 N–H and O–H groups in total. The Labute approximate surface area is 119 Å². The Kier molecular flexibility index (Phi) is 4.63. The van der Waals surface area contributed by atoms with Crippen LogP contribution in [-0.2, 0) is 6.42 Å². The van der Waals surface area contributed by atoms with Crippen LogP contribution in [0.1, 0.15) is 11.4 Å². The Balaban J connectivity index is 1.76. The summed E-state index contributed by atoms with van der Waals surface area (Å²) in [7, 11) is 0. The van der Waals surface area contributed by atoms with Gasteiger partial charge in [-0.05, 0) is 18.6 Å². The van der Waals surface area contributed by atoms with Gasteiger partial charge in [0, 0.05) is 12.5 Å². The summed E-state index contributed by atoms with van der Waals surface area (Å²) < 4.78 is 5.55. The molecule has 1 aromatic carbocycles. The molecule has 1 heterocycles. The van der Waals surface area contributed by atoms with E-state index in [4.69, 9.17) is 33.7 Å². The van der Waals surface area contributed by atoms with E-state index in [0.29, 0.717) is 27.5 Å². The van der Waals surface area contributed by atoms with Crippen LogP contribution in [-0.4, -0.2) is 16.8 Å². The minimum Gasteiger partial charge on any atom is -0.494 e. The Hall–Kier alpha value is -1.04. The predicted molar refractivity (Wildman–Crippen MR) is 74.6 cm³/mol. The highest BCUT2D eigenvalue weighted by Gasteiger charge is 2.02. The number of aryl methyl sites for hydroxylation is 1. The minimum absolute atomic E-state index is 0.492. The molecule has 0 saturated heterocycles. The van der Waals surface area contributed by atoms with Gasteiger partial charge in [0.25, 0.3) is 0 Å². The summed E-state index contributed by atoms with van der Waals surface area (Å²) >= 11 is 13.1. The fraction of sp³-hybridized carbons (Fsp3) is 0.273. The number of benzene rings is 1. The van der Waals surface area contributed by atoms with Crippen molar-refractivity contribution >= 4 is 39.7 Å². The molecule has 0 aliphatic heterocycles. The summed E-state index contributed by atoms with van der Waals surface area (Å²) in [6.07, 6.45) is 1.64. The summed E-state index contributed by atoms with van der Waals surface area (Å²) in [5.74, 6) is 0.709. The zero-order valence-electron chi connectivity index (χ0n) is 9.40. The maximum atomic E-state index is 5.88. The molecule has 0 unspecified atom stereocenters. The number of anilines is 1. The molecule has 1 aromatic heterocycles. The predicted octanol–water partition coefficient (Wildman–Crippen LogP) is 3.44. The van der Waals surface area contributed by atoms with E-state index in [1.54, 1.807) is 18.2 Å². The fourth-order valence-electron chi connectivity index (χ4n) is 1.35.